The van der Waals surface area contributed by atoms with E-state index in [1.165, 1.54) is 24.6 Å². The number of carbonyl (C=O) groups is 1. The summed E-state index contributed by atoms with van der Waals surface area (Å²) in [6.45, 7) is 5.99. The maximum absolute atomic E-state index is 13.4. The first-order chi connectivity index (χ1) is 13.5. The average molecular weight is 420 g/mol. The van der Waals surface area contributed by atoms with Gasteiger partial charge in [-0.2, -0.15) is 0 Å². The van der Waals surface area contributed by atoms with Gasteiger partial charge in [-0.15, -0.1) is 11.3 Å². The quantitative estimate of drug-likeness (QED) is 0.562. The van der Waals surface area contributed by atoms with Gasteiger partial charge in [-0.05, 0) is 52.0 Å². The van der Waals surface area contributed by atoms with Gasteiger partial charge >= 0.3 is 0 Å². The van der Waals surface area contributed by atoms with Crippen molar-refractivity contribution in [3.05, 3.63) is 20.8 Å². The highest BCUT2D eigenvalue weighted by Crippen LogP contribution is 2.35. The molecule has 0 radical (unpaired) electrons. The van der Waals surface area contributed by atoms with Gasteiger partial charge < -0.3 is 5.32 Å². The Morgan fingerprint density at radius 2 is 1.82 bits per heavy atom. The van der Waals surface area contributed by atoms with Crippen molar-refractivity contribution < 1.29 is 4.79 Å². The van der Waals surface area contributed by atoms with Gasteiger partial charge in [-0.25, -0.2) is 4.98 Å². The van der Waals surface area contributed by atoms with E-state index in [4.69, 9.17) is 4.98 Å². The molecule has 1 atom stereocenters. The van der Waals surface area contributed by atoms with E-state index in [1.807, 2.05) is 25.3 Å². The predicted octanol–water partition coefficient (Wildman–Crippen LogP) is 4.73. The smallest absolute Gasteiger partial charge is 0.263 e. The van der Waals surface area contributed by atoms with E-state index in [2.05, 4.69) is 5.32 Å². The highest BCUT2D eigenvalue weighted by atomic mass is 32.2. The molecule has 2 aliphatic carbocycles. The largest absolute Gasteiger partial charge is 0.352 e. The summed E-state index contributed by atoms with van der Waals surface area (Å²) in [6.07, 6.45) is 8.89. The molecule has 5 nitrogen and oxygen atoms in total. The van der Waals surface area contributed by atoms with E-state index in [0.29, 0.717) is 11.2 Å². The van der Waals surface area contributed by atoms with E-state index >= 15 is 0 Å². The molecule has 0 bridgehead atoms. The number of fused-ring (bicyclic) bond motifs is 1. The van der Waals surface area contributed by atoms with Crippen LogP contribution in [-0.4, -0.2) is 26.8 Å². The van der Waals surface area contributed by atoms with E-state index in [1.54, 1.807) is 11.3 Å². The number of thioether (sulfide) groups is 1. The molecule has 28 heavy (non-hydrogen) atoms. The highest BCUT2D eigenvalue weighted by molar-refractivity contribution is 8.00. The van der Waals surface area contributed by atoms with Crippen molar-refractivity contribution in [2.45, 2.75) is 94.6 Å². The second kappa shape index (κ2) is 8.19. The molecule has 2 saturated carbocycles. The molecule has 2 fully saturated rings. The fourth-order valence-corrected chi connectivity index (χ4v) is 6.51. The van der Waals surface area contributed by atoms with E-state index in [0.717, 1.165) is 59.2 Å². The summed E-state index contributed by atoms with van der Waals surface area (Å²) in [5.41, 5.74) is 1.12. The average Bonchev–Trinajstić information content (AvgIpc) is 3.39. The lowest BCUT2D eigenvalue weighted by Crippen LogP contribution is -2.38. The lowest BCUT2D eigenvalue weighted by molar-refractivity contribution is -0.120. The molecule has 152 valence electrons. The van der Waals surface area contributed by atoms with Crippen LogP contribution in [0.4, 0.5) is 0 Å². The molecule has 1 amide bonds. The van der Waals surface area contributed by atoms with Crippen LogP contribution in [0.15, 0.2) is 9.95 Å². The first kappa shape index (κ1) is 20.0. The lowest BCUT2D eigenvalue weighted by atomic mass is 10.2. The lowest BCUT2D eigenvalue weighted by Gasteiger charge is -2.21. The second-order valence-electron chi connectivity index (χ2n) is 8.22. The third-order valence-corrected chi connectivity index (χ3v) is 8.41. The molecule has 0 aliphatic heterocycles. The molecule has 4 rings (SSSR count). The molecular weight excluding hydrogens is 390 g/mol. The Morgan fingerprint density at radius 1 is 1.18 bits per heavy atom. The van der Waals surface area contributed by atoms with Gasteiger partial charge in [-0.3, -0.25) is 14.2 Å². The molecule has 0 aromatic carbocycles. The van der Waals surface area contributed by atoms with Crippen LogP contribution >= 0.6 is 23.1 Å². The molecule has 2 aromatic rings. The van der Waals surface area contributed by atoms with Gasteiger partial charge in [0.1, 0.15) is 4.83 Å². The first-order valence-corrected chi connectivity index (χ1v) is 12.1. The summed E-state index contributed by atoms with van der Waals surface area (Å²) >= 11 is 3.02. The first-order valence-electron chi connectivity index (χ1n) is 10.4. The van der Waals surface area contributed by atoms with Crippen LogP contribution in [0.1, 0.15) is 74.8 Å². The maximum atomic E-state index is 13.4. The van der Waals surface area contributed by atoms with Crippen molar-refractivity contribution in [2.24, 2.45) is 0 Å². The molecule has 2 aromatic heterocycles. The topological polar surface area (TPSA) is 64.0 Å². The summed E-state index contributed by atoms with van der Waals surface area (Å²) in [6, 6.07) is 0.516. The van der Waals surface area contributed by atoms with Crippen molar-refractivity contribution in [3.8, 4) is 0 Å². The second-order valence-corrected chi connectivity index (χ2v) is 10.7. The van der Waals surface area contributed by atoms with Crippen LogP contribution in [0.25, 0.3) is 10.2 Å². The number of amides is 1. The molecule has 1 unspecified atom stereocenters. The monoisotopic (exact) mass is 419 g/mol. The normalized spacial score (nSPS) is 19.5. The minimum atomic E-state index is -0.264. The van der Waals surface area contributed by atoms with Crippen LogP contribution in [0.3, 0.4) is 0 Å². The van der Waals surface area contributed by atoms with E-state index in [9.17, 15) is 9.59 Å². The number of carbonyl (C=O) groups excluding carboxylic acids is 1. The number of rotatable bonds is 5. The Hall–Kier alpha value is -1.34. The number of aromatic nitrogens is 2. The number of aryl methyl sites for hydroxylation is 2. The number of nitrogens with zero attached hydrogens (tertiary/aromatic N) is 2. The fraction of sp³-hybridized carbons (Fsp3) is 0.667. The summed E-state index contributed by atoms with van der Waals surface area (Å²) in [7, 11) is 0. The molecule has 0 saturated heterocycles. The van der Waals surface area contributed by atoms with Crippen LogP contribution in [0.5, 0.6) is 0 Å². The van der Waals surface area contributed by atoms with E-state index < -0.39 is 0 Å². The SMILES string of the molecule is Cc1sc2nc(SC(C)C(=O)NC3CCCC3)n(C3CCCC3)c(=O)c2c1C. The third kappa shape index (κ3) is 3.75. The molecule has 0 spiro atoms. The van der Waals surface area contributed by atoms with Crippen molar-refractivity contribution in [2.75, 3.05) is 0 Å². The van der Waals surface area contributed by atoms with Crippen LogP contribution in [0.2, 0.25) is 0 Å². The summed E-state index contributed by atoms with van der Waals surface area (Å²) < 4.78 is 1.90. The van der Waals surface area contributed by atoms with Crippen molar-refractivity contribution in [3.63, 3.8) is 0 Å². The van der Waals surface area contributed by atoms with Crippen molar-refractivity contribution in [1.29, 1.82) is 0 Å². The zero-order chi connectivity index (χ0) is 19.8. The van der Waals surface area contributed by atoms with Crippen LogP contribution in [0, 0.1) is 13.8 Å². The molecule has 2 heterocycles. The van der Waals surface area contributed by atoms with Gasteiger partial charge in [0.25, 0.3) is 5.56 Å². The number of nitrogens with one attached hydrogen (secondary N) is 1. The standard InChI is InChI=1S/C21H29N3O2S2/c1-12-13(2)27-19-17(12)20(26)24(16-10-6-7-11-16)21(23-19)28-14(3)18(25)22-15-8-4-5-9-15/h14-16H,4-11H2,1-3H3,(H,22,25). The van der Waals surface area contributed by atoms with Gasteiger partial charge in [0.2, 0.25) is 5.91 Å². The summed E-state index contributed by atoms with van der Waals surface area (Å²) in [5, 5.41) is 4.39. The molecule has 7 heteroatoms. The molecule has 2 aliphatic rings. The van der Waals surface area contributed by atoms with E-state index in [-0.39, 0.29) is 22.8 Å². The van der Waals surface area contributed by atoms with Crippen LogP contribution < -0.4 is 10.9 Å². The maximum Gasteiger partial charge on any atom is 0.263 e. The van der Waals surface area contributed by atoms with Gasteiger partial charge in [0, 0.05) is 17.0 Å². The Morgan fingerprint density at radius 3 is 2.50 bits per heavy atom. The van der Waals surface area contributed by atoms with Gasteiger partial charge in [-0.1, -0.05) is 37.4 Å². The van der Waals surface area contributed by atoms with Gasteiger partial charge in [0.15, 0.2) is 5.16 Å². The van der Waals surface area contributed by atoms with Gasteiger partial charge in [0.05, 0.1) is 10.6 Å². The zero-order valence-electron chi connectivity index (χ0n) is 16.9. The highest BCUT2D eigenvalue weighted by Gasteiger charge is 2.28. The minimum Gasteiger partial charge on any atom is -0.352 e. The number of thiophene rings is 1. The minimum absolute atomic E-state index is 0.0581. The molecular formula is C21H29N3O2S2. The Kier molecular flexibility index (Phi) is 5.83. The van der Waals surface area contributed by atoms with Crippen molar-refractivity contribution >= 4 is 39.2 Å². The third-order valence-electron chi connectivity index (χ3n) is 6.25. The Labute approximate surface area is 174 Å². The summed E-state index contributed by atoms with van der Waals surface area (Å²) in [4.78, 5) is 32.9. The fourth-order valence-electron chi connectivity index (χ4n) is 4.46. The molecule has 1 N–H and O–H groups in total. The van der Waals surface area contributed by atoms with Crippen LogP contribution in [-0.2, 0) is 4.79 Å². The number of hydrogen-bond donors (Lipinski definition) is 1. The zero-order valence-corrected chi connectivity index (χ0v) is 18.5. The Bertz CT molecular complexity index is 937. The Balaban J connectivity index is 1.67. The predicted molar refractivity (Wildman–Crippen MR) is 117 cm³/mol. The number of hydrogen-bond acceptors (Lipinski definition) is 5. The van der Waals surface area contributed by atoms with Crippen molar-refractivity contribution in [1.82, 2.24) is 14.9 Å². The summed E-state index contributed by atoms with van der Waals surface area (Å²) in [5.74, 6) is 0.0581.